The Kier molecular flexibility index (Phi) is 5.79. The van der Waals surface area contributed by atoms with Crippen molar-refractivity contribution in [3.8, 4) is 12.3 Å². The lowest BCUT2D eigenvalue weighted by molar-refractivity contribution is 0.176. The van der Waals surface area contributed by atoms with E-state index in [4.69, 9.17) is 6.42 Å². The first-order valence-corrected chi connectivity index (χ1v) is 6.45. The first-order valence-electron chi connectivity index (χ1n) is 6.45. The summed E-state index contributed by atoms with van der Waals surface area (Å²) in [6.07, 6.45) is 11.9. The van der Waals surface area contributed by atoms with Gasteiger partial charge in [0, 0.05) is 6.42 Å². The Morgan fingerprint density at radius 3 is 2.67 bits per heavy atom. The van der Waals surface area contributed by atoms with E-state index in [9.17, 15) is 0 Å². The third-order valence-electron chi connectivity index (χ3n) is 3.86. The van der Waals surface area contributed by atoms with Crippen LogP contribution in [0.4, 0.5) is 0 Å². The summed E-state index contributed by atoms with van der Waals surface area (Å²) in [7, 11) is 0. The zero-order valence-corrected chi connectivity index (χ0v) is 10.3. The van der Waals surface area contributed by atoms with Gasteiger partial charge in [-0.15, -0.1) is 12.3 Å². The summed E-state index contributed by atoms with van der Waals surface area (Å²) < 4.78 is 0. The lowest BCUT2D eigenvalue weighted by Crippen LogP contribution is -2.32. The average Bonchev–Trinajstić information content (AvgIpc) is 2.27. The monoisotopic (exact) mass is 207 g/mol. The van der Waals surface area contributed by atoms with Gasteiger partial charge in [0.15, 0.2) is 0 Å². The topological polar surface area (TPSA) is 12.0 Å². The van der Waals surface area contributed by atoms with Gasteiger partial charge in [0.1, 0.15) is 0 Å². The molecule has 3 unspecified atom stereocenters. The largest absolute Gasteiger partial charge is 0.317 e. The smallest absolute Gasteiger partial charge is 0.0118 e. The summed E-state index contributed by atoms with van der Waals surface area (Å²) in [5.41, 5.74) is 0. The second-order valence-corrected chi connectivity index (χ2v) is 4.82. The van der Waals surface area contributed by atoms with Crippen LogP contribution in [-0.2, 0) is 0 Å². The second-order valence-electron chi connectivity index (χ2n) is 4.82. The molecule has 0 radical (unpaired) electrons. The Morgan fingerprint density at radius 2 is 2.07 bits per heavy atom. The molecule has 1 heteroatoms. The van der Waals surface area contributed by atoms with Gasteiger partial charge in [-0.05, 0) is 43.7 Å². The summed E-state index contributed by atoms with van der Waals surface area (Å²) in [5.74, 6) is 5.39. The highest BCUT2D eigenvalue weighted by Gasteiger charge is 2.28. The molecule has 0 aromatic heterocycles. The van der Waals surface area contributed by atoms with Crippen molar-refractivity contribution in [2.75, 3.05) is 13.1 Å². The van der Waals surface area contributed by atoms with Crippen molar-refractivity contribution in [1.29, 1.82) is 0 Å². The number of rotatable bonds is 5. The fourth-order valence-corrected chi connectivity index (χ4v) is 2.79. The van der Waals surface area contributed by atoms with Crippen molar-refractivity contribution in [2.45, 2.75) is 46.0 Å². The van der Waals surface area contributed by atoms with Crippen LogP contribution in [0, 0.1) is 30.1 Å². The van der Waals surface area contributed by atoms with Crippen LogP contribution in [-0.4, -0.2) is 13.1 Å². The van der Waals surface area contributed by atoms with Crippen molar-refractivity contribution < 1.29 is 0 Å². The zero-order chi connectivity index (χ0) is 11.1. The van der Waals surface area contributed by atoms with Gasteiger partial charge in [-0.25, -0.2) is 0 Å². The molecule has 0 spiro atoms. The van der Waals surface area contributed by atoms with Crippen LogP contribution in [0.3, 0.4) is 0 Å². The van der Waals surface area contributed by atoms with Gasteiger partial charge in [-0.1, -0.05) is 26.7 Å². The maximum atomic E-state index is 5.47. The van der Waals surface area contributed by atoms with Crippen LogP contribution in [0.15, 0.2) is 0 Å². The second kappa shape index (κ2) is 6.90. The fourth-order valence-electron chi connectivity index (χ4n) is 2.79. The van der Waals surface area contributed by atoms with Gasteiger partial charge in [0.25, 0.3) is 0 Å². The molecule has 86 valence electrons. The summed E-state index contributed by atoms with van der Waals surface area (Å²) >= 11 is 0. The maximum Gasteiger partial charge on any atom is 0.0118 e. The van der Waals surface area contributed by atoms with Gasteiger partial charge in [0.2, 0.25) is 0 Å². The predicted octanol–water partition coefficient (Wildman–Crippen LogP) is 3.06. The number of hydrogen-bond acceptors (Lipinski definition) is 1. The van der Waals surface area contributed by atoms with Crippen LogP contribution < -0.4 is 5.32 Å². The summed E-state index contributed by atoms with van der Waals surface area (Å²) in [4.78, 5) is 0. The molecule has 0 aromatic rings. The molecule has 1 aliphatic carbocycles. The first-order chi connectivity index (χ1) is 7.31. The van der Waals surface area contributed by atoms with Crippen molar-refractivity contribution in [2.24, 2.45) is 17.8 Å². The SMILES string of the molecule is C#CCC1CC(CC)CCC1CNCC. The molecule has 0 aliphatic heterocycles. The van der Waals surface area contributed by atoms with Crippen molar-refractivity contribution in [3.63, 3.8) is 0 Å². The van der Waals surface area contributed by atoms with Gasteiger partial charge >= 0.3 is 0 Å². The molecule has 0 bridgehead atoms. The maximum absolute atomic E-state index is 5.47. The van der Waals surface area contributed by atoms with Crippen LogP contribution in [0.25, 0.3) is 0 Å². The summed E-state index contributed by atoms with van der Waals surface area (Å²) in [6.45, 7) is 6.73. The van der Waals surface area contributed by atoms with Crippen LogP contribution in [0.2, 0.25) is 0 Å². The van der Waals surface area contributed by atoms with E-state index in [0.717, 1.165) is 30.7 Å². The van der Waals surface area contributed by atoms with E-state index in [2.05, 4.69) is 25.1 Å². The van der Waals surface area contributed by atoms with Crippen molar-refractivity contribution >= 4 is 0 Å². The molecule has 1 rings (SSSR count). The van der Waals surface area contributed by atoms with E-state index in [0.29, 0.717) is 0 Å². The van der Waals surface area contributed by atoms with E-state index in [1.54, 1.807) is 0 Å². The van der Waals surface area contributed by atoms with E-state index >= 15 is 0 Å². The van der Waals surface area contributed by atoms with Crippen LogP contribution >= 0.6 is 0 Å². The highest BCUT2D eigenvalue weighted by atomic mass is 14.8. The Bertz CT molecular complexity index is 204. The number of hydrogen-bond donors (Lipinski definition) is 1. The Morgan fingerprint density at radius 1 is 1.27 bits per heavy atom. The van der Waals surface area contributed by atoms with E-state index in [1.807, 2.05) is 0 Å². The third kappa shape index (κ3) is 3.87. The van der Waals surface area contributed by atoms with Gasteiger partial charge in [-0.3, -0.25) is 0 Å². The minimum absolute atomic E-state index is 0.771. The summed E-state index contributed by atoms with van der Waals surface area (Å²) in [6, 6.07) is 0. The Labute approximate surface area is 95.0 Å². The van der Waals surface area contributed by atoms with Gasteiger partial charge < -0.3 is 5.32 Å². The van der Waals surface area contributed by atoms with Crippen LogP contribution in [0.5, 0.6) is 0 Å². The van der Waals surface area contributed by atoms with E-state index < -0.39 is 0 Å². The fraction of sp³-hybridized carbons (Fsp3) is 0.857. The lowest BCUT2D eigenvalue weighted by Gasteiger charge is -2.35. The highest BCUT2D eigenvalue weighted by molar-refractivity contribution is 4.92. The van der Waals surface area contributed by atoms with Gasteiger partial charge in [-0.2, -0.15) is 0 Å². The van der Waals surface area contributed by atoms with E-state index in [-0.39, 0.29) is 0 Å². The molecular formula is C14H25N. The molecule has 1 aliphatic rings. The average molecular weight is 207 g/mol. The predicted molar refractivity (Wildman–Crippen MR) is 66.6 cm³/mol. The molecule has 0 saturated heterocycles. The number of nitrogens with one attached hydrogen (secondary N) is 1. The van der Waals surface area contributed by atoms with E-state index in [1.165, 1.54) is 32.2 Å². The Balaban J connectivity index is 2.44. The third-order valence-corrected chi connectivity index (χ3v) is 3.86. The molecular weight excluding hydrogens is 182 g/mol. The zero-order valence-electron chi connectivity index (χ0n) is 10.3. The molecule has 1 N–H and O–H groups in total. The minimum atomic E-state index is 0.771. The molecule has 1 fully saturated rings. The quantitative estimate of drug-likeness (QED) is 0.683. The van der Waals surface area contributed by atoms with Crippen molar-refractivity contribution in [3.05, 3.63) is 0 Å². The summed E-state index contributed by atoms with van der Waals surface area (Å²) in [5, 5.41) is 3.47. The molecule has 1 saturated carbocycles. The highest BCUT2D eigenvalue weighted by Crippen LogP contribution is 2.36. The first kappa shape index (κ1) is 12.6. The molecule has 15 heavy (non-hydrogen) atoms. The molecule has 0 amide bonds. The molecule has 0 aromatic carbocycles. The number of terminal acetylenes is 1. The van der Waals surface area contributed by atoms with Crippen molar-refractivity contribution in [1.82, 2.24) is 5.32 Å². The molecule has 3 atom stereocenters. The molecule has 1 nitrogen and oxygen atoms in total. The molecule has 0 heterocycles. The lowest BCUT2D eigenvalue weighted by atomic mass is 9.72. The Hall–Kier alpha value is -0.480. The van der Waals surface area contributed by atoms with Gasteiger partial charge in [0.05, 0.1) is 0 Å². The van der Waals surface area contributed by atoms with Crippen LogP contribution in [0.1, 0.15) is 46.0 Å². The standard InChI is InChI=1S/C14H25N/c1-4-7-13-10-12(5-2)8-9-14(13)11-15-6-3/h1,12-15H,5-11H2,2-3H3. The minimum Gasteiger partial charge on any atom is -0.317 e. The normalized spacial score (nSPS) is 31.1.